The highest BCUT2D eigenvalue weighted by Crippen LogP contribution is 2.31. The lowest BCUT2D eigenvalue weighted by Crippen LogP contribution is -2.49. The number of hydrogen-bond donors (Lipinski definition) is 2. The number of carbonyl (C=O) groups excluding carboxylic acids is 1. The van der Waals surface area contributed by atoms with Gasteiger partial charge in [-0.05, 0) is 44.6 Å². The number of nitrogens with one attached hydrogen (secondary N) is 2. The molecule has 98 valence electrons. The van der Waals surface area contributed by atoms with Crippen molar-refractivity contribution in [3.05, 3.63) is 0 Å². The summed E-state index contributed by atoms with van der Waals surface area (Å²) in [6.45, 7) is 7.18. The molecule has 0 radical (unpaired) electrons. The van der Waals surface area contributed by atoms with Crippen LogP contribution in [0.1, 0.15) is 46.0 Å². The Morgan fingerprint density at radius 2 is 2.24 bits per heavy atom. The lowest BCUT2D eigenvalue weighted by atomic mass is 9.81. The molecule has 1 amide bonds. The van der Waals surface area contributed by atoms with Gasteiger partial charge in [-0.15, -0.1) is 0 Å². The Morgan fingerprint density at radius 3 is 2.82 bits per heavy atom. The van der Waals surface area contributed by atoms with Gasteiger partial charge in [0, 0.05) is 13.1 Å². The Hall–Kier alpha value is -0.570. The molecule has 0 aromatic rings. The van der Waals surface area contributed by atoms with Crippen LogP contribution in [0.5, 0.6) is 0 Å². The number of rotatable bonds is 3. The lowest BCUT2D eigenvalue weighted by Gasteiger charge is -2.33. The van der Waals surface area contributed by atoms with Crippen LogP contribution in [0.2, 0.25) is 0 Å². The smallest absolute Gasteiger partial charge is 0.227 e. The zero-order valence-corrected chi connectivity index (χ0v) is 11.2. The van der Waals surface area contributed by atoms with Crippen LogP contribution in [0.25, 0.3) is 0 Å². The molecule has 2 aliphatic rings. The molecular weight excluding hydrogens is 212 g/mol. The van der Waals surface area contributed by atoms with Gasteiger partial charge < -0.3 is 10.6 Å². The molecule has 2 rings (SSSR count). The number of piperidine rings is 1. The van der Waals surface area contributed by atoms with Crippen LogP contribution in [0, 0.1) is 17.3 Å². The molecule has 1 saturated heterocycles. The van der Waals surface area contributed by atoms with Gasteiger partial charge in [-0.1, -0.05) is 19.8 Å². The first-order valence-electron chi connectivity index (χ1n) is 7.11. The van der Waals surface area contributed by atoms with Crippen molar-refractivity contribution >= 4 is 5.91 Å². The summed E-state index contributed by atoms with van der Waals surface area (Å²) in [6, 6.07) is 0. The minimum atomic E-state index is -0.180. The Kier molecular flexibility index (Phi) is 4.08. The number of hydrogen-bond acceptors (Lipinski definition) is 2. The summed E-state index contributed by atoms with van der Waals surface area (Å²) < 4.78 is 0. The van der Waals surface area contributed by atoms with Crippen LogP contribution < -0.4 is 10.6 Å². The van der Waals surface area contributed by atoms with Crippen LogP contribution in [0.4, 0.5) is 0 Å². The van der Waals surface area contributed by atoms with E-state index in [0.717, 1.165) is 38.4 Å². The van der Waals surface area contributed by atoms with E-state index in [2.05, 4.69) is 24.5 Å². The maximum Gasteiger partial charge on any atom is 0.227 e. The third kappa shape index (κ3) is 3.01. The van der Waals surface area contributed by atoms with E-state index < -0.39 is 0 Å². The number of amides is 1. The Morgan fingerprint density at radius 1 is 1.41 bits per heavy atom. The first-order chi connectivity index (χ1) is 8.12. The molecule has 0 aromatic carbocycles. The van der Waals surface area contributed by atoms with Gasteiger partial charge in [-0.3, -0.25) is 4.79 Å². The molecule has 1 saturated carbocycles. The van der Waals surface area contributed by atoms with Crippen LogP contribution in [-0.2, 0) is 4.79 Å². The average Bonchev–Trinajstić information content (AvgIpc) is 2.73. The number of carbonyl (C=O) groups is 1. The molecule has 3 unspecified atom stereocenters. The highest BCUT2D eigenvalue weighted by Gasteiger charge is 2.35. The summed E-state index contributed by atoms with van der Waals surface area (Å²) in [4.78, 5) is 12.2. The van der Waals surface area contributed by atoms with Crippen molar-refractivity contribution < 1.29 is 4.79 Å². The van der Waals surface area contributed by atoms with Gasteiger partial charge in [0.25, 0.3) is 0 Å². The molecular formula is C14H26N2O. The average molecular weight is 238 g/mol. The minimum absolute atomic E-state index is 0.180. The molecule has 3 atom stereocenters. The van der Waals surface area contributed by atoms with Crippen LogP contribution >= 0.6 is 0 Å². The van der Waals surface area contributed by atoms with Gasteiger partial charge in [0.15, 0.2) is 0 Å². The molecule has 1 aliphatic carbocycles. The molecule has 3 nitrogen and oxygen atoms in total. The zero-order chi connectivity index (χ0) is 12.3. The van der Waals surface area contributed by atoms with E-state index in [1.165, 1.54) is 19.3 Å². The molecule has 0 spiro atoms. The quantitative estimate of drug-likeness (QED) is 0.789. The molecule has 1 heterocycles. The Bertz CT molecular complexity index is 271. The van der Waals surface area contributed by atoms with Gasteiger partial charge >= 0.3 is 0 Å². The predicted molar refractivity (Wildman–Crippen MR) is 69.7 cm³/mol. The summed E-state index contributed by atoms with van der Waals surface area (Å²) in [7, 11) is 0. The van der Waals surface area contributed by atoms with Crippen molar-refractivity contribution in [3.63, 3.8) is 0 Å². The molecule has 17 heavy (non-hydrogen) atoms. The van der Waals surface area contributed by atoms with Crippen molar-refractivity contribution in [1.82, 2.24) is 10.6 Å². The summed E-state index contributed by atoms with van der Waals surface area (Å²) >= 11 is 0. The van der Waals surface area contributed by atoms with E-state index in [1.54, 1.807) is 0 Å². The summed E-state index contributed by atoms with van der Waals surface area (Å²) in [5.74, 6) is 1.75. The molecule has 2 N–H and O–H groups in total. The lowest BCUT2D eigenvalue weighted by molar-refractivity contribution is -0.131. The molecule has 0 aromatic heterocycles. The van der Waals surface area contributed by atoms with E-state index >= 15 is 0 Å². The first-order valence-corrected chi connectivity index (χ1v) is 7.11. The van der Waals surface area contributed by atoms with Crippen LogP contribution in [0.15, 0.2) is 0 Å². The predicted octanol–water partition coefficient (Wildman–Crippen LogP) is 1.93. The van der Waals surface area contributed by atoms with E-state index in [4.69, 9.17) is 0 Å². The van der Waals surface area contributed by atoms with Gasteiger partial charge in [-0.25, -0.2) is 0 Å². The fourth-order valence-corrected chi connectivity index (χ4v) is 3.21. The molecule has 1 aliphatic heterocycles. The summed E-state index contributed by atoms with van der Waals surface area (Å²) in [5.41, 5.74) is -0.180. The second-order valence-electron chi connectivity index (χ2n) is 6.22. The zero-order valence-electron chi connectivity index (χ0n) is 11.2. The fourth-order valence-electron chi connectivity index (χ4n) is 3.21. The molecule has 2 fully saturated rings. The topological polar surface area (TPSA) is 41.1 Å². The molecule has 3 heteroatoms. The monoisotopic (exact) mass is 238 g/mol. The van der Waals surface area contributed by atoms with Gasteiger partial charge in [0.2, 0.25) is 5.91 Å². The van der Waals surface area contributed by atoms with Crippen LogP contribution in [0.3, 0.4) is 0 Å². The Labute approximate surface area is 105 Å². The van der Waals surface area contributed by atoms with E-state index in [9.17, 15) is 4.79 Å². The normalized spacial score (nSPS) is 38.0. The van der Waals surface area contributed by atoms with Crippen molar-refractivity contribution in [3.8, 4) is 0 Å². The third-order valence-electron chi connectivity index (χ3n) is 4.71. The summed E-state index contributed by atoms with van der Waals surface area (Å²) in [5, 5.41) is 6.52. The van der Waals surface area contributed by atoms with Gasteiger partial charge in [0.05, 0.1) is 5.41 Å². The van der Waals surface area contributed by atoms with E-state index in [0.29, 0.717) is 5.92 Å². The highest BCUT2D eigenvalue weighted by molar-refractivity contribution is 5.82. The van der Waals surface area contributed by atoms with Crippen molar-refractivity contribution in [2.75, 3.05) is 19.6 Å². The van der Waals surface area contributed by atoms with E-state index in [-0.39, 0.29) is 11.3 Å². The van der Waals surface area contributed by atoms with Crippen molar-refractivity contribution in [2.24, 2.45) is 17.3 Å². The summed E-state index contributed by atoms with van der Waals surface area (Å²) in [6.07, 6.45) is 6.09. The second kappa shape index (κ2) is 5.38. The first kappa shape index (κ1) is 12.9. The largest absolute Gasteiger partial charge is 0.355 e. The maximum atomic E-state index is 12.2. The van der Waals surface area contributed by atoms with Crippen molar-refractivity contribution in [1.29, 1.82) is 0 Å². The molecule has 0 bridgehead atoms. The van der Waals surface area contributed by atoms with E-state index in [1.807, 2.05) is 0 Å². The third-order valence-corrected chi connectivity index (χ3v) is 4.71. The SMILES string of the molecule is CC1CCCC1CNC(=O)C1(C)CCCNC1. The minimum Gasteiger partial charge on any atom is -0.355 e. The van der Waals surface area contributed by atoms with Crippen LogP contribution in [-0.4, -0.2) is 25.5 Å². The highest BCUT2D eigenvalue weighted by atomic mass is 16.2. The standard InChI is InChI=1S/C14H26N2O/c1-11-5-3-6-12(11)9-16-13(17)14(2)7-4-8-15-10-14/h11-12,15H,3-10H2,1-2H3,(H,16,17). The van der Waals surface area contributed by atoms with Gasteiger partial charge in [-0.2, -0.15) is 0 Å². The van der Waals surface area contributed by atoms with Crippen molar-refractivity contribution in [2.45, 2.75) is 46.0 Å². The van der Waals surface area contributed by atoms with Gasteiger partial charge in [0.1, 0.15) is 0 Å². The fraction of sp³-hybridized carbons (Fsp3) is 0.929. The maximum absolute atomic E-state index is 12.2. The Balaban J connectivity index is 1.80. The second-order valence-corrected chi connectivity index (χ2v) is 6.22.